The molecule has 0 amide bonds. The molecule has 4 aliphatic carbocycles. The summed E-state index contributed by atoms with van der Waals surface area (Å²) in [4.78, 5) is 12.9. The summed E-state index contributed by atoms with van der Waals surface area (Å²) in [6.45, 7) is 3.21. The van der Waals surface area contributed by atoms with Crippen LogP contribution < -0.4 is 4.72 Å². The van der Waals surface area contributed by atoms with E-state index in [9.17, 15) is 17.6 Å². The largest absolute Gasteiger partial charge is 0.298 e. The van der Waals surface area contributed by atoms with E-state index in [0.717, 1.165) is 30.0 Å². The van der Waals surface area contributed by atoms with Gasteiger partial charge in [-0.2, -0.15) is 4.72 Å². The topological polar surface area (TPSA) is 63.2 Å². The van der Waals surface area contributed by atoms with E-state index >= 15 is 0 Å². The van der Waals surface area contributed by atoms with Gasteiger partial charge in [0, 0.05) is 6.42 Å². The van der Waals surface area contributed by atoms with Crippen LogP contribution in [0.3, 0.4) is 0 Å². The molecule has 0 heterocycles. The average molecular weight is 428 g/mol. The molecule has 4 nitrogen and oxygen atoms in total. The number of hydrogen-bond acceptors (Lipinski definition) is 3. The number of halogens is 2. The van der Waals surface area contributed by atoms with Gasteiger partial charge in [0.2, 0.25) is 10.0 Å². The number of nitrogens with one attached hydrogen (secondary N) is 1. The van der Waals surface area contributed by atoms with Crippen LogP contribution in [0.5, 0.6) is 0 Å². The maximum absolute atomic E-state index is 13.4. The Hall–Kier alpha value is -0.980. The lowest BCUT2D eigenvalue weighted by Crippen LogP contribution is -2.52. The third-order valence-corrected chi connectivity index (χ3v) is 9.07. The molecule has 4 saturated carbocycles. The van der Waals surface area contributed by atoms with E-state index in [0.29, 0.717) is 24.2 Å². The highest BCUT2D eigenvalue weighted by Crippen LogP contribution is 2.57. The van der Waals surface area contributed by atoms with Gasteiger partial charge in [-0.3, -0.25) is 4.79 Å². The molecule has 4 bridgehead atoms. The zero-order chi connectivity index (χ0) is 20.3. The van der Waals surface area contributed by atoms with Crippen molar-refractivity contribution >= 4 is 27.4 Å². The van der Waals surface area contributed by atoms with Crippen LogP contribution >= 0.6 is 11.6 Å². The van der Waals surface area contributed by atoms with Crippen molar-refractivity contribution in [1.29, 1.82) is 0 Å². The lowest BCUT2D eigenvalue weighted by molar-refractivity contribution is -0.128. The van der Waals surface area contributed by atoms with E-state index in [2.05, 4.69) is 4.72 Å². The highest BCUT2D eigenvalue weighted by Gasteiger charge is 2.49. The Morgan fingerprint density at radius 2 is 1.71 bits per heavy atom. The first-order valence-electron chi connectivity index (χ1n) is 10.1. The first-order chi connectivity index (χ1) is 13.0. The average Bonchev–Trinajstić information content (AvgIpc) is 2.58. The van der Waals surface area contributed by atoms with E-state index in [-0.39, 0.29) is 15.7 Å². The van der Waals surface area contributed by atoms with E-state index in [1.54, 1.807) is 13.8 Å². The van der Waals surface area contributed by atoms with Crippen LogP contribution in [0, 0.1) is 35.4 Å². The number of benzene rings is 1. The summed E-state index contributed by atoms with van der Waals surface area (Å²) in [6, 6.07) is 3.24. The minimum absolute atomic E-state index is 0.0817. The summed E-state index contributed by atoms with van der Waals surface area (Å²) in [5.41, 5.74) is -1.23. The molecule has 4 fully saturated rings. The van der Waals surface area contributed by atoms with Crippen LogP contribution in [-0.4, -0.2) is 19.7 Å². The summed E-state index contributed by atoms with van der Waals surface area (Å²) in [6.07, 6.45) is 6.69. The summed E-state index contributed by atoms with van der Waals surface area (Å²) in [5, 5.41) is -0.263. The van der Waals surface area contributed by atoms with Crippen molar-refractivity contribution in [1.82, 2.24) is 4.72 Å². The van der Waals surface area contributed by atoms with Gasteiger partial charge in [-0.1, -0.05) is 11.6 Å². The van der Waals surface area contributed by atoms with Gasteiger partial charge in [0.1, 0.15) is 5.82 Å². The van der Waals surface area contributed by atoms with Gasteiger partial charge in [0.15, 0.2) is 5.78 Å². The lowest BCUT2D eigenvalue weighted by Gasteiger charge is -2.54. The number of hydrogen-bond donors (Lipinski definition) is 1. The summed E-state index contributed by atoms with van der Waals surface area (Å²) in [5.74, 6) is 2.52. The van der Waals surface area contributed by atoms with Crippen molar-refractivity contribution in [2.45, 2.75) is 62.8 Å². The first kappa shape index (κ1) is 20.3. The van der Waals surface area contributed by atoms with Crippen molar-refractivity contribution in [3.63, 3.8) is 0 Å². The minimum Gasteiger partial charge on any atom is -0.298 e. The fourth-order valence-corrected chi connectivity index (χ4v) is 7.61. The second kappa shape index (κ2) is 7.06. The van der Waals surface area contributed by atoms with Gasteiger partial charge in [-0.15, -0.1) is 0 Å². The molecule has 0 aliphatic heterocycles. The van der Waals surface area contributed by atoms with Crippen molar-refractivity contribution in [2.24, 2.45) is 29.6 Å². The van der Waals surface area contributed by atoms with Crippen molar-refractivity contribution in [3.8, 4) is 0 Å². The SMILES string of the molecule is CC(C)(NS(=O)(=O)c1ccc(F)c(Cl)c1)C(=O)CC1C2CC3CC(C2)CC1C3. The lowest BCUT2D eigenvalue weighted by atomic mass is 9.51. The van der Waals surface area contributed by atoms with Gasteiger partial charge in [0.05, 0.1) is 15.5 Å². The molecule has 1 aromatic rings. The highest BCUT2D eigenvalue weighted by atomic mass is 35.5. The molecule has 0 radical (unpaired) electrons. The summed E-state index contributed by atoms with van der Waals surface area (Å²) >= 11 is 5.72. The van der Waals surface area contributed by atoms with E-state index in [1.807, 2.05) is 0 Å². The normalized spacial score (nSPS) is 31.9. The third-order valence-electron chi connectivity index (χ3n) is 7.13. The standard InChI is InChI=1S/C21H27ClFNO3S/c1-21(2,24-28(26,27)16-3-4-19(23)18(22)10-16)20(25)11-17-14-6-12-5-13(8-14)9-15(17)7-12/h3-4,10,12-15,17,24H,5-9,11H2,1-2H3. The Bertz CT molecular complexity index is 871. The summed E-state index contributed by atoms with van der Waals surface area (Å²) in [7, 11) is -3.99. The molecule has 1 aromatic carbocycles. The molecule has 0 spiro atoms. The predicted octanol–water partition coefficient (Wildman–Crippen LogP) is 4.57. The summed E-state index contributed by atoms with van der Waals surface area (Å²) < 4.78 is 41.3. The number of carbonyl (C=O) groups excluding carboxylic acids is 1. The molecule has 1 N–H and O–H groups in total. The fraction of sp³-hybridized carbons (Fsp3) is 0.667. The van der Waals surface area contributed by atoms with Crippen LogP contribution in [0.25, 0.3) is 0 Å². The molecule has 0 saturated heterocycles. The maximum Gasteiger partial charge on any atom is 0.241 e. The zero-order valence-electron chi connectivity index (χ0n) is 16.3. The molecule has 0 atom stereocenters. The Balaban J connectivity index is 1.47. The molecule has 154 valence electrons. The Kier molecular flexibility index (Phi) is 5.12. The number of sulfonamides is 1. The van der Waals surface area contributed by atoms with Gasteiger partial charge in [0.25, 0.3) is 0 Å². The maximum atomic E-state index is 13.4. The van der Waals surface area contributed by atoms with E-state index in [4.69, 9.17) is 11.6 Å². The molecule has 5 rings (SSSR count). The predicted molar refractivity (Wildman–Crippen MR) is 106 cm³/mol. The molecule has 0 aromatic heterocycles. The van der Waals surface area contributed by atoms with Gasteiger partial charge in [-0.25, -0.2) is 12.8 Å². The Labute approximate surface area is 171 Å². The van der Waals surface area contributed by atoms with Crippen LogP contribution in [-0.2, 0) is 14.8 Å². The second-order valence-corrected chi connectivity index (χ2v) is 11.6. The number of Topliss-reactive ketones (excluding diaryl/α,β-unsaturated/α-hetero) is 1. The second-order valence-electron chi connectivity index (χ2n) is 9.53. The minimum atomic E-state index is -3.99. The monoisotopic (exact) mass is 427 g/mol. The molecule has 28 heavy (non-hydrogen) atoms. The van der Waals surface area contributed by atoms with Crippen molar-refractivity contribution in [2.75, 3.05) is 0 Å². The van der Waals surface area contributed by atoms with Crippen LogP contribution in [0.4, 0.5) is 4.39 Å². The van der Waals surface area contributed by atoms with Crippen LogP contribution in [0.15, 0.2) is 23.1 Å². The third kappa shape index (κ3) is 3.75. The Morgan fingerprint density at radius 1 is 1.14 bits per heavy atom. The fourth-order valence-electron chi connectivity index (χ4n) is 5.94. The molecule has 7 heteroatoms. The van der Waals surface area contributed by atoms with Crippen molar-refractivity contribution < 1.29 is 17.6 Å². The zero-order valence-corrected chi connectivity index (χ0v) is 17.8. The quantitative estimate of drug-likeness (QED) is 0.723. The van der Waals surface area contributed by atoms with Gasteiger partial charge < -0.3 is 0 Å². The number of ketones is 1. The van der Waals surface area contributed by atoms with E-state index < -0.39 is 21.4 Å². The smallest absolute Gasteiger partial charge is 0.241 e. The van der Waals surface area contributed by atoms with E-state index in [1.165, 1.54) is 32.1 Å². The van der Waals surface area contributed by atoms with Crippen LogP contribution in [0.1, 0.15) is 52.4 Å². The number of rotatable bonds is 6. The van der Waals surface area contributed by atoms with Crippen molar-refractivity contribution in [3.05, 3.63) is 29.0 Å². The van der Waals surface area contributed by atoms with Crippen LogP contribution in [0.2, 0.25) is 5.02 Å². The van der Waals surface area contributed by atoms with Gasteiger partial charge >= 0.3 is 0 Å². The first-order valence-corrected chi connectivity index (χ1v) is 11.9. The molecule has 0 unspecified atom stereocenters. The Morgan fingerprint density at radius 3 is 2.25 bits per heavy atom. The molecule has 4 aliphatic rings. The molecular weight excluding hydrogens is 401 g/mol. The van der Waals surface area contributed by atoms with Gasteiger partial charge in [-0.05, 0) is 93.7 Å². The number of carbonyl (C=O) groups is 1. The highest BCUT2D eigenvalue weighted by molar-refractivity contribution is 7.89. The molecular formula is C21H27ClFNO3S.